The molecule has 4 rings (SSSR count). The van der Waals surface area contributed by atoms with E-state index in [0.717, 1.165) is 22.3 Å². The lowest BCUT2D eigenvalue weighted by atomic mass is 9.98. The zero-order valence-electron chi connectivity index (χ0n) is 16.7. The van der Waals surface area contributed by atoms with Crippen LogP contribution in [0.2, 0.25) is 0 Å². The first-order valence-electron chi connectivity index (χ1n) is 10.1. The molecule has 2 atom stereocenters. The molecule has 1 fully saturated rings. The molecule has 7 heteroatoms. The van der Waals surface area contributed by atoms with Gasteiger partial charge in [0.15, 0.2) is 0 Å². The number of ether oxygens (including phenoxy) is 1. The molecule has 1 saturated heterocycles. The van der Waals surface area contributed by atoms with Crippen molar-refractivity contribution in [1.82, 2.24) is 10.2 Å². The number of carbonyl (C=O) groups is 3. The van der Waals surface area contributed by atoms with Crippen LogP contribution in [0.25, 0.3) is 11.1 Å². The molecule has 0 bridgehead atoms. The van der Waals surface area contributed by atoms with Crippen LogP contribution in [0.5, 0.6) is 0 Å². The van der Waals surface area contributed by atoms with E-state index < -0.39 is 24.0 Å². The summed E-state index contributed by atoms with van der Waals surface area (Å²) in [6.07, 6.45) is -0.231. The highest BCUT2D eigenvalue weighted by atomic mass is 16.5. The normalized spacial score (nSPS) is 18.4. The number of rotatable bonds is 5. The van der Waals surface area contributed by atoms with Crippen molar-refractivity contribution in [2.75, 3.05) is 19.7 Å². The number of carboxylic acids is 1. The number of carboxylic acid groups (broad SMARTS) is 1. The van der Waals surface area contributed by atoms with Crippen LogP contribution < -0.4 is 5.32 Å². The maximum atomic E-state index is 12.5. The number of hydrogen-bond donors (Lipinski definition) is 2. The molecule has 30 heavy (non-hydrogen) atoms. The lowest BCUT2D eigenvalue weighted by molar-refractivity contribution is -0.141. The van der Waals surface area contributed by atoms with E-state index in [2.05, 4.69) is 17.4 Å². The van der Waals surface area contributed by atoms with Crippen molar-refractivity contribution in [2.45, 2.75) is 25.3 Å². The third kappa shape index (κ3) is 3.75. The smallest absolute Gasteiger partial charge is 0.407 e. The molecule has 7 nitrogen and oxygen atoms in total. The molecule has 0 saturated carbocycles. The molecule has 2 aliphatic rings. The molecule has 1 aliphatic heterocycles. The quantitative estimate of drug-likeness (QED) is 0.793. The Morgan fingerprint density at radius 1 is 1.10 bits per heavy atom. The molecule has 156 valence electrons. The highest BCUT2D eigenvalue weighted by molar-refractivity contribution is 5.86. The fourth-order valence-electron chi connectivity index (χ4n) is 4.31. The van der Waals surface area contributed by atoms with Gasteiger partial charge in [-0.25, -0.2) is 4.79 Å². The van der Waals surface area contributed by atoms with Crippen LogP contribution in [0.4, 0.5) is 4.79 Å². The molecule has 2 N–H and O–H groups in total. The first-order chi connectivity index (χ1) is 14.5. The second-order valence-corrected chi connectivity index (χ2v) is 7.80. The highest BCUT2D eigenvalue weighted by Crippen LogP contribution is 2.44. The van der Waals surface area contributed by atoms with Crippen molar-refractivity contribution < 1.29 is 24.2 Å². The summed E-state index contributed by atoms with van der Waals surface area (Å²) >= 11 is 0. The molecule has 2 amide bonds. The van der Waals surface area contributed by atoms with Crippen molar-refractivity contribution in [2.24, 2.45) is 5.92 Å². The SMILES string of the molecule is C[C@@H](NC(=O)OCC1c2ccccc2-c2ccccc21)C(=O)N1CCC(C(=O)O)C1. The molecular formula is C23H24N2O5. The van der Waals surface area contributed by atoms with Crippen LogP contribution in [-0.4, -0.2) is 53.7 Å². The van der Waals surface area contributed by atoms with Crippen LogP contribution >= 0.6 is 0 Å². The Labute approximate surface area is 174 Å². The van der Waals surface area contributed by atoms with Gasteiger partial charge in [-0.2, -0.15) is 0 Å². The number of aliphatic carboxylic acids is 1. The molecule has 1 heterocycles. The second kappa shape index (κ2) is 8.18. The monoisotopic (exact) mass is 408 g/mol. The van der Waals surface area contributed by atoms with Crippen molar-refractivity contribution in [3.63, 3.8) is 0 Å². The Hall–Kier alpha value is -3.35. The van der Waals surface area contributed by atoms with Crippen molar-refractivity contribution in [1.29, 1.82) is 0 Å². The number of nitrogens with one attached hydrogen (secondary N) is 1. The summed E-state index contributed by atoms with van der Waals surface area (Å²) < 4.78 is 5.47. The van der Waals surface area contributed by atoms with E-state index in [0.29, 0.717) is 13.0 Å². The van der Waals surface area contributed by atoms with Crippen LogP contribution in [-0.2, 0) is 14.3 Å². The number of benzene rings is 2. The summed E-state index contributed by atoms with van der Waals surface area (Å²) in [5.74, 6) is -1.80. The van der Waals surface area contributed by atoms with E-state index in [1.165, 1.54) is 4.90 Å². The predicted molar refractivity (Wildman–Crippen MR) is 110 cm³/mol. The summed E-state index contributed by atoms with van der Waals surface area (Å²) in [6, 6.07) is 15.4. The summed E-state index contributed by atoms with van der Waals surface area (Å²) in [6.45, 7) is 2.31. The molecular weight excluding hydrogens is 384 g/mol. The lowest BCUT2D eigenvalue weighted by Gasteiger charge is -2.22. The molecule has 1 aliphatic carbocycles. The topological polar surface area (TPSA) is 95.9 Å². The van der Waals surface area contributed by atoms with E-state index in [9.17, 15) is 14.4 Å². The Kier molecular flexibility index (Phi) is 5.44. The van der Waals surface area contributed by atoms with Gasteiger partial charge in [0.25, 0.3) is 0 Å². The van der Waals surface area contributed by atoms with Gasteiger partial charge in [0.2, 0.25) is 5.91 Å². The van der Waals surface area contributed by atoms with Crippen LogP contribution in [0.3, 0.4) is 0 Å². The largest absolute Gasteiger partial charge is 0.481 e. The number of likely N-dealkylation sites (tertiary alicyclic amines) is 1. The highest BCUT2D eigenvalue weighted by Gasteiger charge is 2.34. The van der Waals surface area contributed by atoms with E-state index >= 15 is 0 Å². The zero-order chi connectivity index (χ0) is 21.3. The van der Waals surface area contributed by atoms with Gasteiger partial charge in [-0.3, -0.25) is 9.59 Å². The van der Waals surface area contributed by atoms with Crippen molar-refractivity contribution in [3.05, 3.63) is 59.7 Å². The summed E-state index contributed by atoms with van der Waals surface area (Å²) in [5.41, 5.74) is 4.53. The summed E-state index contributed by atoms with van der Waals surface area (Å²) in [4.78, 5) is 37.4. The maximum absolute atomic E-state index is 12.5. The number of nitrogens with zero attached hydrogens (tertiary/aromatic N) is 1. The van der Waals surface area contributed by atoms with E-state index in [-0.39, 0.29) is 25.0 Å². The number of fused-ring (bicyclic) bond motifs is 3. The molecule has 2 aromatic rings. The molecule has 0 spiro atoms. The van der Waals surface area contributed by atoms with Gasteiger partial charge >= 0.3 is 12.1 Å². The lowest BCUT2D eigenvalue weighted by Crippen LogP contribution is -2.46. The summed E-state index contributed by atoms with van der Waals surface area (Å²) in [5, 5.41) is 11.7. The van der Waals surface area contributed by atoms with Gasteiger partial charge in [0.1, 0.15) is 12.6 Å². The minimum absolute atomic E-state index is 0.0518. The minimum atomic E-state index is -0.901. The Morgan fingerprint density at radius 2 is 1.70 bits per heavy atom. The van der Waals surface area contributed by atoms with Gasteiger partial charge < -0.3 is 20.1 Å². The van der Waals surface area contributed by atoms with Gasteiger partial charge in [-0.15, -0.1) is 0 Å². The number of alkyl carbamates (subject to hydrolysis) is 1. The van der Waals surface area contributed by atoms with Crippen LogP contribution in [0.1, 0.15) is 30.4 Å². The maximum Gasteiger partial charge on any atom is 0.407 e. The van der Waals surface area contributed by atoms with Gasteiger partial charge in [0, 0.05) is 19.0 Å². The van der Waals surface area contributed by atoms with Gasteiger partial charge in [-0.05, 0) is 35.6 Å². The van der Waals surface area contributed by atoms with E-state index in [1.54, 1.807) is 6.92 Å². The molecule has 0 radical (unpaired) electrons. The van der Waals surface area contributed by atoms with Crippen LogP contribution in [0.15, 0.2) is 48.5 Å². The average molecular weight is 408 g/mol. The van der Waals surface area contributed by atoms with Gasteiger partial charge in [0.05, 0.1) is 5.92 Å². The third-order valence-corrected chi connectivity index (χ3v) is 5.90. The van der Waals surface area contributed by atoms with Gasteiger partial charge in [-0.1, -0.05) is 48.5 Å². The Morgan fingerprint density at radius 3 is 2.27 bits per heavy atom. The summed E-state index contributed by atoms with van der Waals surface area (Å²) in [7, 11) is 0. The molecule has 1 unspecified atom stereocenters. The molecule has 2 aromatic carbocycles. The Balaban J connectivity index is 1.35. The molecule has 0 aromatic heterocycles. The predicted octanol–water partition coefficient (Wildman–Crippen LogP) is 2.85. The number of hydrogen-bond acceptors (Lipinski definition) is 4. The minimum Gasteiger partial charge on any atom is -0.481 e. The standard InChI is InChI=1S/C23H24N2O5/c1-14(21(26)25-11-10-15(12-25)22(27)28)24-23(29)30-13-20-18-8-4-2-6-16(18)17-7-3-5-9-19(17)20/h2-9,14-15,20H,10-13H2,1H3,(H,24,29)(H,27,28)/t14-,15?/m1/s1. The fraction of sp³-hybridized carbons (Fsp3) is 0.348. The van der Waals surface area contributed by atoms with Crippen LogP contribution in [0, 0.1) is 5.92 Å². The Bertz CT molecular complexity index is 944. The fourth-order valence-corrected chi connectivity index (χ4v) is 4.31. The van der Waals surface area contributed by atoms with Crippen molar-refractivity contribution in [3.8, 4) is 11.1 Å². The number of carbonyl (C=O) groups excluding carboxylic acids is 2. The second-order valence-electron chi connectivity index (χ2n) is 7.80. The van der Waals surface area contributed by atoms with E-state index in [1.807, 2.05) is 36.4 Å². The van der Waals surface area contributed by atoms with E-state index in [4.69, 9.17) is 9.84 Å². The number of amides is 2. The first kappa shape index (κ1) is 19.9. The third-order valence-electron chi connectivity index (χ3n) is 5.90. The first-order valence-corrected chi connectivity index (χ1v) is 10.1. The van der Waals surface area contributed by atoms with Crippen molar-refractivity contribution >= 4 is 18.0 Å². The average Bonchev–Trinajstić information content (AvgIpc) is 3.35. The zero-order valence-corrected chi connectivity index (χ0v) is 16.7.